The summed E-state index contributed by atoms with van der Waals surface area (Å²) in [7, 11) is 0. The molecule has 0 radical (unpaired) electrons. The molecule has 3 aromatic rings. The van der Waals surface area contributed by atoms with E-state index < -0.39 is 0 Å². The SMILES string of the molecule is CC(C)(C)c1cc(-c2csc(C3CCN(Cc4csc([N+](=O)[O-])c4)CC3)n2)cc(C(C)(C)C)c1O. The number of rotatable bonds is 5. The number of phenolic OH excluding ortho intramolecular Hbond substituents is 1. The van der Waals surface area contributed by atoms with E-state index in [4.69, 9.17) is 4.98 Å². The number of nitro groups is 1. The maximum atomic E-state index is 11.0. The summed E-state index contributed by atoms with van der Waals surface area (Å²) >= 11 is 2.93. The molecule has 0 unspecified atom stereocenters. The summed E-state index contributed by atoms with van der Waals surface area (Å²) in [4.78, 5) is 18.1. The van der Waals surface area contributed by atoms with Crippen LogP contribution >= 0.6 is 22.7 Å². The van der Waals surface area contributed by atoms with Gasteiger partial charge in [0.05, 0.1) is 15.6 Å². The molecule has 4 rings (SSSR count). The average Bonchev–Trinajstić information content (AvgIpc) is 3.43. The molecule has 0 saturated carbocycles. The molecule has 1 aliphatic heterocycles. The molecule has 35 heavy (non-hydrogen) atoms. The molecule has 1 aliphatic rings. The highest BCUT2D eigenvalue weighted by atomic mass is 32.1. The molecular formula is C27H35N3O3S2. The van der Waals surface area contributed by atoms with Gasteiger partial charge in [-0.1, -0.05) is 52.9 Å². The third-order valence-electron chi connectivity index (χ3n) is 6.71. The number of thiophene rings is 1. The highest BCUT2D eigenvalue weighted by Gasteiger charge is 2.28. The van der Waals surface area contributed by atoms with Crippen LogP contribution in [0.2, 0.25) is 0 Å². The second-order valence-corrected chi connectivity index (χ2v) is 13.4. The van der Waals surface area contributed by atoms with Gasteiger partial charge in [0.15, 0.2) is 0 Å². The number of nitrogens with zero attached hydrogens (tertiary/aromatic N) is 3. The minimum Gasteiger partial charge on any atom is -0.507 e. The van der Waals surface area contributed by atoms with Gasteiger partial charge in [-0.05, 0) is 54.5 Å². The molecule has 1 fully saturated rings. The van der Waals surface area contributed by atoms with E-state index in [1.165, 1.54) is 16.3 Å². The van der Waals surface area contributed by atoms with Crippen LogP contribution in [0.1, 0.15) is 82.0 Å². The predicted octanol–water partition coefficient (Wildman–Crippen LogP) is 7.46. The summed E-state index contributed by atoms with van der Waals surface area (Å²) < 4.78 is 0. The summed E-state index contributed by atoms with van der Waals surface area (Å²) in [6, 6.07) is 5.90. The predicted molar refractivity (Wildman–Crippen MR) is 145 cm³/mol. The first-order valence-electron chi connectivity index (χ1n) is 12.1. The highest BCUT2D eigenvalue weighted by Crippen LogP contribution is 2.42. The molecule has 0 atom stereocenters. The van der Waals surface area contributed by atoms with Gasteiger partial charge < -0.3 is 5.11 Å². The molecule has 0 spiro atoms. The monoisotopic (exact) mass is 513 g/mol. The Bertz CT molecular complexity index is 1170. The van der Waals surface area contributed by atoms with Crippen LogP contribution in [0, 0.1) is 10.1 Å². The Balaban J connectivity index is 1.49. The molecule has 0 aliphatic carbocycles. The lowest BCUT2D eigenvalue weighted by atomic mass is 9.78. The number of hydrogen-bond acceptors (Lipinski definition) is 7. The largest absolute Gasteiger partial charge is 0.507 e. The first-order valence-corrected chi connectivity index (χ1v) is 13.9. The number of aromatic hydroxyl groups is 1. The van der Waals surface area contributed by atoms with Crippen molar-refractivity contribution in [3.05, 3.63) is 60.8 Å². The minimum absolute atomic E-state index is 0.172. The van der Waals surface area contributed by atoms with E-state index >= 15 is 0 Å². The van der Waals surface area contributed by atoms with Crippen molar-refractivity contribution in [2.75, 3.05) is 13.1 Å². The molecule has 1 saturated heterocycles. The van der Waals surface area contributed by atoms with Gasteiger partial charge in [-0.15, -0.1) is 11.3 Å². The molecule has 1 aromatic carbocycles. The maximum absolute atomic E-state index is 11.0. The fraction of sp³-hybridized carbons (Fsp3) is 0.519. The van der Waals surface area contributed by atoms with Gasteiger partial charge in [-0.3, -0.25) is 15.0 Å². The third kappa shape index (κ3) is 5.76. The minimum atomic E-state index is -0.316. The zero-order valence-corrected chi connectivity index (χ0v) is 23.1. The second kappa shape index (κ2) is 9.64. The molecular weight excluding hydrogens is 478 g/mol. The third-order valence-corrected chi connectivity index (χ3v) is 8.64. The number of aromatic nitrogens is 1. The lowest BCUT2D eigenvalue weighted by Gasteiger charge is -2.30. The van der Waals surface area contributed by atoms with Crippen molar-refractivity contribution in [2.45, 2.75) is 77.7 Å². The van der Waals surface area contributed by atoms with Crippen molar-refractivity contribution in [2.24, 2.45) is 0 Å². The average molecular weight is 514 g/mol. The summed E-state index contributed by atoms with van der Waals surface area (Å²) in [5.74, 6) is 0.829. The molecule has 8 heteroatoms. The Kier molecular flexibility index (Phi) is 7.10. The Labute approximate surface area is 215 Å². The second-order valence-electron chi connectivity index (χ2n) is 11.6. The standard InChI is InChI=1S/C27H35N3O3S2/c1-26(2,3)20-12-19(13-21(24(20)31)27(4,5)6)22-16-35-25(28-22)18-7-9-29(10-8-18)14-17-11-23(30(32)33)34-15-17/h11-13,15-16,18,31H,7-10,14H2,1-6H3. The Morgan fingerprint density at radius 3 is 2.14 bits per heavy atom. The van der Waals surface area contributed by atoms with Crippen LogP contribution in [0.4, 0.5) is 5.00 Å². The number of hydrogen-bond donors (Lipinski definition) is 1. The van der Waals surface area contributed by atoms with Crippen molar-refractivity contribution in [3.63, 3.8) is 0 Å². The zero-order valence-electron chi connectivity index (χ0n) is 21.4. The van der Waals surface area contributed by atoms with Crippen molar-refractivity contribution in [1.29, 1.82) is 0 Å². The quantitative estimate of drug-likeness (QED) is 0.283. The van der Waals surface area contributed by atoms with Gasteiger partial charge in [-0.2, -0.15) is 0 Å². The summed E-state index contributed by atoms with van der Waals surface area (Å²) in [5.41, 5.74) is 4.63. The number of thiazole rings is 1. The van der Waals surface area contributed by atoms with Gasteiger partial charge in [0.2, 0.25) is 0 Å². The molecule has 0 bridgehead atoms. The number of piperidine rings is 1. The van der Waals surface area contributed by atoms with Crippen molar-refractivity contribution < 1.29 is 10.0 Å². The van der Waals surface area contributed by atoms with Gasteiger partial charge in [0.25, 0.3) is 0 Å². The Hall–Kier alpha value is -2.29. The molecule has 1 N–H and O–H groups in total. The van der Waals surface area contributed by atoms with E-state index in [9.17, 15) is 15.2 Å². The summed E-state index contributed by atoms with van der Waals surface area (Å²) in [6.45, 7) is 15.5. The Morgan fingerprint density at radius 2 is 1.63 bits per heavy atom. The lowest BCUT2D eigenvalue weighted by Crippen LogP contribution is -2.32. The first-order chi connectivity index (χ1) is 16.3. The van der Waals surface area contributed by atoms with Gasteiger partial charge in [0, 0.05) is 46.0 Å². The topological polar surface area (TPSA) is 79.5 Å². The van der Waals surface area contributed by atoms with E-state index in [0.29, 0.717) is 11.7 Å². The van der Waals surface area contributed by atoms with Crippen LogP contribution < -0.4 is 0 Å². The van der Waals surface area contributed by atoms with Crippen molar-refractivity contribution in [3.8, 4) is 17.0 Å². The van der Waals surface area contributed by atoms with Crippen LogP contribution in [0.15, 0.2) is 29.0 Å². The van der Waals surface area contributed by atoms with Gasteiger partial charge in [0.1, 0.15) is 5.75 Å². The first kappa shape index (κ1) is 25.8. The molecule has 2 aromatic heterocycles. The Morgan fingerprint density at radius 1 is 1.03 bits per heavy atom. The number of phenols is 1. The highest BCUT2D eigenvalue weighted by molar-refractivity contribution is 7.13. The van der Waals surface area contributed by atoms with Gasteiger partial charge in [-0.25, -0.2) is 4.98 Å². The molecule has 6 nitrogen and oxygen atoms in total. The van der Waals surface area contributed by atoms with Crippen molar-refractivity contribution in [1.82, 2.24) is 9.88 Å². The van der Waals surface area contributed by atoms with E-state index in [1.807, 2.05) is 5.38 Å². The zero-order chi connectivity index (χ0) is 25.5. The number of benzene rings is 1. The van der Waals surface area contributed by atoms with Crippen molar-refractivity contribution >= 4 is 27.7 Å². The van der Waals surface area contributed by atoms with E-state index in [-0.39, 0.29) is 20.8 Å². The van der Waals surface area contributed by atoms with Crippen LogP contribution in [0.25, 0.3) is 11.3 Å². The normalized spacial score (nSPS) is 16.1. The van der Waals surface area contributed by atoms with E-state index in [2.05, 4.69) is 64.0 Å². The molecule has 188 valence electrons. The molecule has 3 heterocycles. The fourth-order valence-electron chi connectivity index (χ4n) is 4.67. The van der Waals surface area contributed by atoms with Crippen LogP contribution in [0.3, 0.4) is 0 Å². The summed E-state index contributed by atoms with van der Waals surface area (Å²) in [6.07, 6.45) is 2.07. The van der Waals surface area contributed by atoms with Crippen LogP contribution in [-0.4, -0.2) is 33.0 Å². The lowest BCUT2D eigenvalue weighted by molar-refractivity contribution is -0.380. The summed E-state index contributed by atoms with van der Waals surface area (Å²) in [5, 5.41) is 27.4. The molecule has 0 amide bonds. The van der Waals surface area contributed by atoms with Crippen LogP contribution in [0.5, 0.6) is 5.75 Å². The number of likely N-dealkylation sites (tertiary alicyclic amines) is 1. The van der Waals surface area contributed by atoms with E-state index in [1.54, 1.807) is 17.4 Å². The smallest absolute Gasteiger partial charge is 0.324 e. The van der Waals surface area contributed by atoms with E-state index in [0.717, 1.165) is 60.4 Å². The van der Waals surface area contributed by atoms with Gasteiger partial charge >= 0.3 is 5.00 Å². The van der Waals surface area contributed by atoms with Crippen LogP contribution in [-0.2, 0) is 17.4 Å². The maximum Gasteiger partial charge on any atom is 0.324 e. The fourth-order valence-corrected chi connectivity index (χ4v) is 6.39.